The number of hydrogen-bond acceptors (Lipinski definition) is 3. The molecule has 13 heavy (non-hydrogen) atoms. The minimum absolute atomic E-state index is 0.0573. The fraction of sp³-hybridized carbons (Fsp3) is 1.00. The average molecular weight is 189 g/mol. The van der Waals surface area contributed by atoms with Crippen LogP contribution in [0.5, 0.6) is 0 Å². The van der Waals surface area contributed by atoms with Crippen molar-refractivity contribution in [3.05, 3.63) is 0 Å². The maximum atomic E-state index is 9.65. The largest absolute Gasteiger partial charge is 0.389 e. The molecule has 1 unspecified atom stereocenters. The van der Waals surface area contributed by atoms with E-state index in [1.165, 1.54) is 0 Å². The fourth-order valence-electron chi connectivity index (χ4n) is 0.721. The van der Waals surface area contributed by atoms with Gasteiger partial charge in [-0.3, -0.25) is 0 Å². The van der Waals surface area contributed by atoms with Crippen molar-refractivity contribution in [2.45, 2.75) is 51.9 Å². The molecular formula is C10H23NO2. The minimum Gasteiger partial charge on any atom is -0.389 e. The number of aliphatic hydroxyl groups is 1. The molecule has 0 radical (unpaired) electrons. The summed E-state index contributed by atoms with van der Waals surface area (Å²) in [6.45, 7) is 10.3. The van der Waals surface area contributed by atoms with Crippen molar-refractivity contribution in [1.29, 1.82) is 0 Å². The second-order valence-electron chi connectivity index (χ2n) is 4.72. The first kappa shape index (κ1) is 12.9. The van der Waals surface area contributed by atoms with Gasteiger partial charge in [-0.05, 0) is 34.6 Å². The van der Waals surface area contributed by atoms with Crippen molar-refractivity contribution in [1.82, 2.24) is 5.32 Å². The molecule has 0 saturated heterocycles. The highest BCUT2D eigenvalue weighted by atomic mass is 16.5. The average Bonchev–Trinajstić information content (AvgIpc) is 1.98. The molecule has 0 heterocycles. The lowest BCUT2D eigenvalue weighted by Gasteiger charge is -2.31. The smallest absolute Gasteiger partial charge is 0.0746 e. The Balaban J connectivity index is 3.90. The van der Waals surface area contributed by atoms with E-state index in [0.29, 0.717) is 0 Å². The Labute approximate surface area is 81.5 Å². The highest BCUT2D eigenvalue weighted by Gasteiger charge is 2.24. The zero-order valence-corrected chi connectivity index (χ0v) is 9.64. The molecule has 0 aliphatic carbocycles. The van der Waals surface area contributed by atoms with Crippen LogP contribution in [0.25, 0.3) is 0 Å². The first-order valence-electron chi connectivity index (χ1n) is 4.70. The highest BCUT2D eigenvalue weighted by Crippen LogP contribution is 2.10. The summed E-state index contributed by atoms with van der Waals surface area (Å²) < 4.78 is 5.26. The zero-order valence-electron chi connectivity index (χ0n) is 9.64. The van der Waals surface area contributed by atoms with Crippen LogP contribution in [0.4, 0.5) is 0 Å². The lowest BCUT2D eigenvalue weighted by molar-refractivity contribution is 0.00247. The topological polar surface area (TPSA) is 41.5 Å². The lowest BCUT2D eigenvalue weighted by atomic mass is 10.00. The number of hydrogen-bond donors (Lipinski definition) is 2. The molecule has 3 nitrogen and oxygen atoms in total. The van der Waals surface area contributed by atoms with Crippen LogP contribution in [-0.2, 0) is 4.74 Å². The van der Waals surface area contributed by atoms with Crippen LogP contribution in [0.2, 0.25) is 0 Å². The Morgan fingerprint density at radius 2 is 1.77 bits per heavy atom. The Kier molecular flexibility index (Phi) is 4.36. The summed E-state index contributed by atoms with van der Waals surface area (Å²) in [6.07, 6.45) is 0. The van der Waals surface area contributed by atoms with Gasteiger partial charge in [-0.2, -0.15) is 0 Å². The molecule has 0 aromatic carbocycles. The first-order chi connectivity index (χ1) is 5.69. The van der Waals surface area contributed by atoms with E-state index in [2.05, 4.69) is 5.32 Å². The van der Waals surface area contributed by atoms with E-state index < -0.39 is 5.60 Å². The third kappa shape index (κ3) is 5.24. The van der Waals surface area contributed by atoms with Gasteiger partial charge in [-0.1, -0.05) is 0 Å². The van der Waals surface area contributed by atoms with Gasteiger partial charge in [0.1, 0.15) is 0 Å². The fourth-order valence-corrected chi connectivity index (χ4v) is 0.721. The number of ether oxygens (including phenoxy) is 1. The van der Waals surface area contributed by atoms with Crippen molar-refractivity contribution < 1.29 is 9.84 Å². The molecule has 0 rings (SSSR count). The van der Waals surface area contributed by atoms with Gasteiger partial charge in [-0.25, -0.2) is 0 Å². The molecular weight excluding hydrogens is 166 g/mol. The molecule has 1 atom stereocenters. The van der Waals surface area contributed by atoms with Gasteiger partial charge in [0, 0.05) is 19.7 Å². The van der Waals surface area contributed by atoms with E-state index in [9.17, 15) is 5.11 Å². The van der Waals surface area contributed by atoms with Gasteiger partial charge >= 0.3 is 0 Å². The van der Waals surface area contributed by atoms with Gasteiger partial charge in [0.25, 0.3) is 0 Å². The van der Waals surface area contributed by atoms with Gasteiger partial charge in [0.15, 0.2) is 0 Å². The van der Waals surface area contributed by atoms with Crippen molar-refractivity contribution in [3.63, 3.8) is 0 Å². The summed E-state index contributed by atoms with van der Waals surface area (Å²) in [5.41, 5.74) is -0.872. The molecule has 80 valence electrons. The van der Waals surface area contributed by atoms with Crippen LogP contribution in [0.15, 0.2) is 0 Å². The van der Waals surface area contributed by atoms with E-state index in [-0.39, 0.29) is 11.6 Å². The van der Waals surface area contributed by atoms with E-state index >= 15 is 0 Å². The molecule has 0 bridgehead atoms. The maximum Gasteiger partial charge on any atom is 0.0746 e. The maximum absolute atomic E-state index is 9.65. The lowest BCUT2D eigenvalue weighted by Crippen LogP contribution is -2.49. The Bertz CT molecular complexity index is 149. The Hall–Kier alpha value is -0.120. The third-order valence-electron chi connectivity index (χ3n) is 2.45. The molecule has 0 saturated carbocycles. The normalized spacial score (nSPS) is 15.9. The van der Waals surface area contributed by atoms with E-state index in [4.69, 9.17) is 4.74 Å². The molecule has 0 aliphatic heterocycles. The molecule has 0 spiro atoms. The quantitative estimate of drug-likeness (QED) is 0.682. The summed E-state index contributed by atoms with van der Waals surface area (Å²) in [5, 5.41) is 12.9. The standard InChI is InChI=1S/C10H23NO2/c1-8(10(4,5)12)11-7-9(2,3)13-6/h8,11-12H,7H2,1-6H3. The van der Waals surface area contributed by atoms with Crippen molar-refractivity contribution in [2.75, 3.05) is 13.7 Å². The predicted octanol–water partition coefficient (Wildman–Crippen LogP) is 1.16. The second-order valence-corrected chi connectivity index (χ2v) is 4.72. The molecule has 0 aromatic heterocycles. The molecule has 0 amide bonds. The number of rotatable bonds is 5. The van der Waals surface area contributed by atoms with E-state index in [0.717, 1.165) is 6.54 Å². The van der Waals surface area contributed by atoms with E-state index in [1.807, 2.05) is 20.8 Å². The summed E-state index contributed by atoms with van der Waals surface area (Å²) in [4.78, 5) is 0. The highest BCUT2D eigenvalue weighted by molar-refractivity contribution is 4.82. The molecule has 0 aromatic rings. The van der Waals surface area contributed by atoms with Gasteiger partial charge < -0.3 is 15.2 Å². The van der Waals surface area contributed by atoms with Crippen LogP contribution >= 0.6 is 0 Å². The SMILES string of the molecule is COC(C)(C)CNC(C)C(C)(C)O. The monoisotopic (exact) mass is 189 g/mol. The van der Waals surface area contributed by atoms with Crippen molar-refractivity contribution in [2.24, 2.45) is 0 Å². The first-order valence-corrected chi connectivity index (χ1v) is 4.70. The van der Waals surface area contributed by atoms with E-state index in [1.54, 1.807) is 21.0 Å². The molecule has 0 fully saturated rings. The summed E-state index contributed by atoms with van der Waals surface area (Å²) in [5.74, 6) is 0. The summed E-state index contributed by atoms with van der Waals surface area (Å²) in [7, 11) is 1.69. The van der Waals surface area contributed by atoms with Crippen LogP contribution in [-0.4, -0.2) is 36.0 Å². The van der Waals surface area contributed by atoms with Crippen molar-refractivity contribution in [3.8, 4) is 0 Å². The minimum atomic E-state index is -0.691. The van der Waals surface area contributed by atoms with Crippen LogP contribution in [0.1, 0.15) is 34.6 Å². The zero-order chi connectivity index (χ0) is 10.7. The van der Waals surface area contributed by atoms with Gasteiger partial charge in [0.05, 0.1) is 11.2 Å². The van der Waals surface area contributed by atoms with Crippen LogP contribution in [0, 0.1) is 0 Å². The van der Waals surface area contributed by atoms with Gasteiger partial charge in [0.2, 0.25) is 0 Å². The second kappa shape index (κ2) is 4.40. The van der Waals surface area contributed by atoms with Gasteiger partial charge in [-0.15, -0.1) is 0 Å². The summed E-state index contributed by atoms with van der Waals surface area (Å²) >= 11 is 0. The molecule has 0 aliphatic rings. The predicted molar refractivity (Wildman–Crippen MR) is 54.9 cm³/mol. The molecule has 3 heteroatoms. The molecule has 2 N–H and O–H groups in total. The Morgan fingerprint density at radius 3 is 2.08 bits per heavy atom. The Morgan fingerprint density at radius 1 is 1.31 bits per heavy atom. The summed E-state index contributed by atoms with van der Waals surface area (Å²) in [6, 6.07) is 0.0573. The van der Waals surface area contributed by atoms with Crippen LogP contribution in [0.3, 0.4) is 0 Å². The number of methoxy groups -OCH3 is 1. The number of nitrogens with one attached hydrogen (secondary N) is 1. The van der Waals surface area contributed by atoms with Crippen molar-refractivity contribution >= 4 is 0 Å². The van der Waals surface area contributed by atoms with Crippen LogP contribution < -0.4 is 5.32 Å². The third-order valence-corrected chi connectivity index (χ3v) is 2.45.